The monoisotopic (exact) mass is 173 g/mol. The van der Waals surface area contributed by atoms with Gasteiger partial charge in [-0.15, -0.1) is 0 Å². The first-order valence-corrected chi connectivity index (χ1v) is 4.89. The predicted octanol–water partition coefficient (Wildman–Crippen LogP) is 3.43. The van der Waals surface area contributed by atoms with Gasteiger partial charge in [-0.3, -0.25) is 0 Å². The summed E-state index contributed by atoms with van der Waals surface area (Å²) in [4.78, 5) is 3.45. The summed E-state index contributed by atoms with van der Waals surface area (Å²) >= 11 is 0. The summed E-state index contributed by atoms with van der Waals surface area (Å²) in [5.74, 6) is 0. The maximum atomic E-state index is 3.45. The van der Waals surface area contributed by atoms with E-state index in [1.807, 2.05) is 0 Å². The fraction of sp³-hybridized carbons (Fsp3) is 0.333. The Hall–Kier alpha value is -1.24. The van der Waals surface area contributed by atoms with E-state index in [0.29, 0.717) is 0 Å². The van der Waals surface area contributed by atoms with Crippen molar-refractivity contribution in [1.82, 2.24) is 4.98 Å². The van der Waals surface area contributed by atoms with Crippen molar-refractivity contribution >= 4 is 10.8 Å². The number of nitrogens with one attached hydrogen (secondary N) is 1. The molecule has 1 nitrogen and oxygen atoms in total. The molecule has 2 rings (SSSR count). The molecule has 0 spiro atoms. The van der Waals surface area contributed by atoms with Gasteiger partial charge in [0.05, 0.1) is 0 Å². The molecule has 0 aliphatic heterocycles. The normalized spacial score (nSPS) is 10.9. The Labute approximate surface area is 78.8 Å². The lowest BCUT2D eigenvalue weighted by atomic mass is 10.1. The van der Waals surface area contributed by atoms with Crippen LogP contribution in [-0.4, -0.2) is 4.98 Å². The maximum absolute atomic E-state index is 3.45. The number of hydrogen-bond donors (Lipinski definition) is 1. The lowest BCUT2D eigenvalue weighted by molar-refractivity contribution is 0.894. The summed E-state index contributed by atoms with van der Waals surface area (Å²) in [6.45, 7) is 4.35. The van der Waals surface area contributed by atoms with Crippen LogP contribution in [0, 0.1) is 6.92 Å². The minimum Gasteiger partial charge on any atom is -0.361 e. The summed E-state index contributed by atoms with van der Waals surface area (Å²) < 4.78 is 0. The molecule has 13 heavy (non-hydrogen) atoms. The van der Waals surface area contributed by atoms with Crippen LogP contribution in [0.15, 0.2) is 24.3 Å². The number of aromatic amines is 1. The van der Waals surface area contributed by atoms with Crippen molar-refractivity contribution in [1.29, 1.82) is 0 Å². The Morgan fingerprint density at radius 2 is 1.85 bits per heavy atom. The number of fused-ring (bicyclic) bond motifs is 1. The maximum Gasteiger partial charge on any atom is 0.0228 e. The fourth-order valence-corrected chi connectivity index (χ4v) is 1.88. The van der Waals surface area contributed by atoms with Crippen molar-refractivity contribution in [3.8, 4) is 0 Å². The van der Waals surface area contributed by atoms with Crippen molar-refractivity contribution in [2.24, 2.45) is 0 Å². The molecule has 1 aromatic carbocycles. The molecular weight excluding hydrogens is 158 g/mol. The third kappa shape index (κ3) is 1.35. The van der Waals surface area contributed by atoms with Gasteiger partial charge in [-0.25, -0.2) is 0 Å². The van der Waals surface area contributed by atoms with Gasteiger partial charge in [0.1, 0.15) is 0 Å². The minimum atomic E-state index is 1.15. The highest BCUT2D eigenvalue weighted by atomic mass is 14.7. The van der Waals surface area contributed by atoms with Gasteiger partial charge < -0.3 is 4.98 Å². The second-order valence-electron chi connectivity index (χ2n) is 3.52. The van der Waals surface area contributed by atoms with E-state index in [0.717, 1.165) is 6.42 Å². The number of H-pyrrole nitrogens is 1. The van der Waals surface area contributed by atoms with Crippen LogP contribution in [0.2, 0.25) is 0 Å². The zero-order valence-corrected chi connectivity index (χ0v) is 8.22. The second-order valence-corrected chi connectivity index (χ2v) is 3.52. The SMILES string of the molecule is CCCc1[nH]c(C)c2ccccc12. The number of aryl methyl sites for hydroxylation is 2. The van der Waals surface area contributed by atoms with E-state index in [-0.39, 0.29) is 0 Å². The first-order chi connectivity index (χ1) is 6.33. The van der Waals surface area contributed by atoms with E-state index in [9.17, 15) is 0 Å². The molecule has 0 atom stereocenters. The summed E-state index contributed by atoms with van der Waals surface area (Å²) in [6, 6.07) is 8.58. The smallest absolute Gasteiger partial charge is 0.0228 e. The van der Waals surface area contributed by atoms with Crippen molar-refractivity contribution in [2.45, 2.75) is 26.7 Å². The Balaban J connectivity index is 2.63. The van der Waals surface area contributed by atoms with E-state index < -0.39 is 0 Å². The third-order valence-corrected chi connectivity index (χ3v) is 2.49. The second kappa shape index (κ2) is 3.25. The van der Waals surface area contributed by atoms with Gasteiger partial charge in [0, 0.05) is 22.2 Å². The quantitative estimate of drug-likeness (QED) is 0.716. The Bertz CT molecular complexity index is 412. The molecule has 0 aliphatic rings. The molecule has 0 radical (unpaired) electrons. The first-order valence-electron chi connectivity index (χ1n) is 4.89. The van der Waals surface area contributed by atoms with E-state index in [2.05, 4.69) is 43.1 Å². The lowest BCUT2D eigenvalue weighted by Crippen LogP contribution is -1.82. The molecule has 0 fully saturated rings. The molecule has 1 heteroatoms. The highest BCUT2D eigenvalue weighted by molar-refractivity contribution is 5.87. The Kier molecular flexibility index (Phi) is 2.09. The highest BCUT2D eigenvalue weighted by Gasteiger charge is 2.04. The largest absolute Gasteiger partial charge is 0.361 e. The van der Waals surface area contributed by atoms with Gasteiger partial charge in [0.25, 0.3) is 0 Å². The van der Waals surface area contributed by atoms with E-state index in [1.54, 1.807) is 0 Å². The zero-order chi connectivity index (χ0) is 9.26. The highest BCUT2D eigenvalue weighted by Crippen LogP contribution is 2.22. The summed E-state index contributed by atoms with van der Waals surface area (Å²) in [5.41, 5.74) is 2.68. The standard InChI is InChI=1S/C12H15N/c1-3-6-12-11-8-5-4-7-10(11)9(2)13-12/h4-5,7-8,13H,3,6H2,1-2H3. The Morgan fingerprint density at radius 1 is 1.15 bits per heavy atom. The molecule has 0 saturated heterocycles. The number of rotatable bonds is 2. The first kappa shape index (κ1) is 8.36. The summed E-state index contributed by atoms with van der Waals surface area (Å²) in [5, 5.41) is 2.76. The fourth-order valence-electron chi connectivity index (χ4n) is 1.88. The molecular formula is C12H15N. The van der Waals surface area contributed by atoms with Crippen LogP contribution in [0.1, 0.15) is 24.7 Å². The van der Waals surface area contributed by atoms with Gasteiger partial charge in [0.15, 0.2) is 0 Å². The van der Waals surface area contributed by atoms with Crippen molar-refractivity contribution in [3.05, 3.63) is 35.7 Å². The van der Waals surface area contributed by atoms with Crippen LogP contribution < -0.4 is 0 Å². The molecule has 1 heterocycles. The molecule has 0 amide bonds. The van der Waals surface area contributed by atoms with Crippen molar-refractivity contribution in [2.75, 3.05) is 0 Å². The van der Waals surface area contributed by atoms with Gasteiger partial charge >= 0.3 is 0 Å². The van der Waals surface area contributed by atoms with Crippen molar-refractivity contribution in [3.63, 3.8) is 0 Å². The van der Waals surface area contributed by atoms with Crippen LogP contribution in [-0.2, 0) is 6.42 Å². The van der Waals surface area contributed by atoms with Gasteiger partial charge in [-0.05, 0) is 13.3 Å². The average Bonchev–Trinajstić information content (AvgIpc) is 2.46. The summed E-state index contributed by atoms with van der Waals surface area (Å²) in [7, 11) is 0. The van der Waals surface area contributed by atoms with Gasteiger partial charge in [0.2, 0.25) is 0 Å². The summed E-state index contributed by atoms with van der Waals surface area (Å²) in [6.07, 6.45) is 2.35. The van der Waals surface area contributed by atoms with Gasteiger partial charge in [-0.1, -0.05) is 37.6 Å². The zero-order valence-electron chi connectivity index (χ0n) is 8.22. The number of hydrogen-bond acceptors (Lipinski definition) is 0. The minimum absolute atomic E-state index is 1.15. The molecule has 0 saturated carbocycles. The van der Waals surface area contributed by atoms with Crippen LogP contribution in [0.5, 0.6) is 0 Å². The molecule has 0 aliphatic carbocycles. The average molecular weight is 173 g/mol. The number of benzene rings is 1. The van der Waals surface area contributed by atoms with Crippen molar-refractivity contribution < 1.29 is 0 Å². The lowest BCUT2D eigenvalue weighted by Gasteiger charge is -1.94. The van der Waals surface area contributed by atoms with Crippen LogP contribution in [0.4, 0.5) is 0 Å². The topological polar surface area (TPSA) is 15.8 Å². The molecule has 0 bridgehead atoms. The van der Waals surface area contributed by atoms with E-state index in [4.69, 9.17) is 0 Å². The van der Waals surface area contributed by atoms with Crippen LogP contribution in [0.25, 0.3) is 10.8 Å². The third-order valence-electron chi connectivity index (χ3n) is 2.49. The molecule has 0 unspecified atom stereocenters. The molecule has 1 N–H and O–H groups in total. The van der Waals surface area contributed by atoms with Gasteiger partial charge in [-0.2, -0.15) is 0 Å². The molecule has 68 valence electrons. The number of aromatic nitrogens is 1. The molecule has 2 aromatic rings. The Morgan fingerprint density at radius 3 is 2.54 bits per heavy atom. The molecule has 1 aromatic heterocycles. The van der Waals surface area contributed by atoms with Crippen LogP contribution >= 0.6 is 0 Å². The predicted molar refractivity (Wildman–Crippen MR) is 57.0 cm³/mol. The van der Waals surface area contributed by atoms with E-state index >= 15 is 0 Å². The van der Waals surface area contributed by atoms with Crippen LogP contribution in [0.3, 0.4) is 0 Å². The van der Waals surface area contributed by atoms with E-state index in [1.165, 1.54) is 28.6 Å².